The molecule has 4 nitrogen and oxygen atoms in total. The fourth-order valence-corrected chi connectivity index (χ4v) is 3.77. The van der Waals surface area contributed by atoms with Crippen molar-refractivity contribution >= 4 is 39.6 Å². The first-order chi connectivity index (χ1) is 13.8. The number of hydrogen-bond acceptors (Lipinski definition) is 5. The molecule has 0 saturated carbocycles. The number of thioether (sulfide) groups is 1. The molecule has 3 aromatic rings. The van der Waals surface area contributed by atoms with Crippen LogP contribution < -0.4 is 5.32 Å². The summed E-state index contributed by atoms with van der Waals surface area (Å²) in [6.45, 7) is 8.52. The first-order valence-corrected chi connectivity index (χ1v) is 11.0. The van der Waals surface area contributed by atoms with Crippen LogP contribution in [0.4, 0.5) is 17.1 Å². The number of likely N-dealkylation sites (N-methyl/N-ethyl adjacent to an activating group) is 1. The van der Waals surface area contributed by atoms with Crippen LogP contribution in [-0.2, 0) is 0 Å². The third kappa shape index (κ3) is 4.91. The molecule has 3 aromatic carbocycles. The molecule has 28 heavy (non-hydrogen) atoms. The van der Waals surface area contributed by atoms with E-state index in [1.54, 1.807) is 11.8 Å². The van der Waals surface area contributed by atoms with Crippen LogP contribution >= 0.6 is 11.8 Å². The lowest BCUT2D eigenvalue weighted by Crippen LogP contribution is -2.28. The van der Waals surface area contributed by atoms with Gasteiger partial charge in [0.05, 0.1) is 11.4 Å². The van der Waals surface area contributed by atoms with Crippen LogP contribution in [0.25, 0.3) is 10.8 Å². The zero-order chi connectivity index (χ0) is 19.8. The topological polar surface area (TPSA) is 40.0 Å². The second-order valence-electron chi connectivity index (χ2n) is 6.50. The highest BCUT2D eigenvalue weighted by Gasteiger charge is 2.06. The Balaban J connectivity index is 1.84. The molecule has 3 rings (SSSR count). The second kappa shape index (κ2) is 10.2. The van der Waals surface area contributed by atoms with Gasteiger partial charge in [0.1, 0.15) is 0 Å². The molecule has 146 valence electrons. The molecule has 0 aromatic heterocycles. The van der Waals surface area contributed by atoms with Crippen molar-refractivity contribution in [3.05, 3.63) is 60.7 Å². The molecule has 0 unspecified atom stereocenters. The van der Waals surface area contributed by atoms with Crippen molar-refractivity contribution in [2.75, 3.05) is 37.8 Å². The molecular formula is C23H28N4S. The smallest absolute Gasteiger partial charge is 0.0992 e. The first-order valence-electron chi connectivity index (χ1n) is 9.79. The summed E-state index contributed by atoms with van der Waals surface area (Å²) in [7, 11) is 0. The van der Waals surface area contributed by atoms with Crippen LogP contribution in [0.2, 0.25) is 0 Å². The van der Waals surface area contributed by atoms with E-state index in [1.165, 1.54) is 5.39 Å². The molecule has 5 heteroatoms. The summed E-state index contributed by atoms with van der Waals surface area (Å²) in [4.78, 5) is 3.55. The van der Waals surface area contributed by atoms with E-state index in [0.717, 1.165) is 53.5 Å². The summed E-state index contributed by atoms with van der Waals surface area (Å²) in [5, 5.41) is 15.0. The number of azo groups is 1. The summed E-state index contributed by atoms with van der Waals surface area (Å²) in [5.74, 6) is 0. The minimum Gasteiger partial charge on any atom is -0.383 e. The molecular weight excluding hydrogens is 364 g/mol. The van der Waals surface area contributed by atoms with E-state index in [4.69, 9.17) is 0 Å². The van der Waals surface area contributed by atoms with E-state index in [1.807, 2.05) is 24.3 Å². The third-order valence-electron chi connectivity index (χ3n) is 4.89. The fourth-order valence-electron chi connectivity index (χ4n) is 3.23. The van der Waals surface area contributed by atoms with Gasteiger partial charge >= 0.3 is 0 Å². The number of anilines is 1. The summed E-state index contributed by atoms with van der Waals surface area (Å²) in [5.41, 5.74) is 2.94. The summed E-state index contributed by atoms with van der Waals surface area (Å²) in [6.07, 6.45) is 2.06. The van der Waals surface area contributed by atoms with E-state index < -0.39 is 0 Å². The van der Waals surface area contributed by atoms with Crippen molar-refractivity contribution in [1.29, 1.82) is 0 Å². The van der Waals surface area contributed by atoms with Gasteiger partial charge in [-0.25, -0.2) is 0 Å². The van der Waals surface area contributed by atoms with Crippen molar-refractivity contribution in [3.8, 4) is 0 Å². The molecule has 0 saturated heterocycles. The van der Waals surface area contributed by atoms with Crippen LogP contribution in [0.5, 0.6) is 0 Å². The maximum absolute atomic E-state index is 4.57. The average molecular weight is 393 g/mol. The molecule has 1 N–H and O–H groups in total. The van der Waals surface area contributed by atoms with Gasteiger partial charge < -0.3 is 10.2 Å². The number of hydrogen-bond donors (Lipinski definition) is 1. The number of benzene rings is 3. The van der Waals surface area contributed by atoms with Gasteiger partial charge in [0.25, 0.3) is 0 Å². The van der Waals surface area contributed by atoms with Crippen LogP contribution in [0.3, 0.4) is 0 Å². The van der Waals surface area contributed by atoms with Gasteiger partial charge in [-0.05, 0) is 43.6 Å². The third-order valence-corrected chi connectivity index (χ3v) is 5.67. The Morgan fingerprint density at radius 2 is 1.50 bits per heavy atom. The fraction of sp³-hybridized carbons (Fsp3) is 0.304. The maximum atomic E-state index is 4.57. The monoisotopic (exact) mass is 392 g/mol. The van der Waals surface area contributed by atoms with Gasteiger partial charge in [-0.15, -0.1) is 22.0 Å². The zero-order valence-electron chi connectivity index (χ0n) is 16.9. The van der Waals surface area contributed by atoms with Gasteiger partial charge in [0.2, 0.25) is 0 Å². The Morgan fingerprint density at radius 1 is 0.821 bits per heavy atom. The van der Waals surface area contributed by atoms with Gasteiger partial charge in [0.15, 0.2) is 0 Å². The van der Waals surface area contributed by atoms with Crippen molar-refractivity contribution in [1.82, 2.24) is 4.90 Å². The molecule has 0 aliphatic carbocycles. The lowest BCUT2D eigenvalue weighted by atomic mass is 10.1. The van der Waals surface area contributed by atoms with E-state index in [0.29, 0.717) is 0 Å². The Labute approximate surface area is 172 Å². The maximum Gasteiger partial charge on any atom is 0.0992 e. The lowest BCUT2D eigenvalue weighted by molar-refractivity contribution is 0.316. The normalized spacial score (nSPS) is 11.6. The van der Waals surface area contributed by atoms with Crippen LogP contribution in [0.15, 0.2) is 75.8 Å². The van der Waals surface area contributed by atoms with Crippen molar-refractivity contribution in [3.63, 3.8) is 0 Å². The minimum atomic E-state index is 0.890. The van der Waals surface area contributed by atoms with Gasteiger partial charge in [-0.1, -0.05) is 50.2 Å². The summed E-state index contributed by atoms with van der Waals surface area (Å²) in [6, 6.07) is 20.6. The predicted octanol–water partition coefficient (Wildman–Crippen LogP) is 6.73. The summed E-state index contributed by atoms with van der Waals surface area (Å²) >= 11 is 1.68. The molecule has 0 amide bonds. The molecule has 0 radical (unpaired) electrons. The predicted molar refractivity (Wildman–Crippen MR) is 123 cm³/mol. The van der Waals surface area contributed by atoms with Gasteiger partial charge in [-0.2, -0.15) is 0 Å². The molecule has 0 aliphatic rings. The standard InChI is InChI=1S/C23H28N4S/c1-4-27(5-2)17-16-24-20-14-15-21(19-11-7-6-10-18(19)20)25-26-22-12-8-9-13-23(22)28-3/h6-15,24H,4-5,16-17H2,1-3H3. The molecule has 0 atom stereocenters. The molecule has 0 aliphatic heterocycles. The Kier molecular flexibility index (Phi) is 7.46. The Hall–Kier alpha value is -2.37. The molecule has 0 bridgehead atoms. The summed E-state index contributed by atoms with van der Waals surface area (Å²) < 4.78 is 0. The lowest BCUT2D eigenvalue weighted by Gasteiger charge is -2.19. The minimum absolute atomic E-state index is 0.890. The van der Waals surface area contributed by atoms with Crippen LogP contribution in [-0.4, -0.2) is 37.3 Å². The molecule has 0 fully saturated rings. The zero-order valence-corrected chi connectivity index (χ0v) is 17.7. The number of nitrogens with one attached hydrogen (secondary N) is 1. The first kappa shape index (κ1) is 20.4. The largest absolute Gasteiger partial charge is 0.383 e. The Morgan fingerprint density at radius 3 is 2.25 bits per heavy atom. The highest BCUT2D eigenvalue weighted by atomic mass is 32.2. The van der Waals surface area contributed by atoms with Crippen molar-refractivity contribution in [2.45, 2.75) is 18.7 Å². The molecule has 0 heterocycles. The van der Waals surface area contributed by atoms with Gasteiger partial charge in [-0.3, -0.25) is 0 Å². The van der Waals surface area contributed by atoms with Crippen LogP contribution in [0, 0.1) is 0 Å². The number of nitrogens with zero attached hydrogens (tertiary/aromatic N) is 3. The van der Waals surface area contributed by atoms with Crippen molar-refractivity contribution < 1.29 is 0 Å². The average Bonchev–Trinajstić information content (AvgIpc) is 2.76. The quantitative estimate of drug-likeness (QED) is 0.324. The van der Waals surface area contributed by atoms with Crippen LogP contribution in [0.1, 0.15) is 13.8 Å². The molecule has 0 spiro atoms. The van der Waals surface area contributed by atoms with E-state index in [-0.39, 0.29) is 0 Å². The van der Waals surface area contributed by atoms with Crippen molar-refractivity contribution in [2.24, 2.45) is 10.2 Å². The van der Waals surface area contributed by atoms with E-state index >= 15 is 0 Å². The second-order valence-corrected chi connectivity index (χ2v) is 7.35. The van der Waals surface area contributed by atoms with Gasteiger partial charge in [0, 0.05) is 34.4 Å². The number of rotatable bonds is 9. The SMILES string of the molecule is CCN(CC)CCNc1ccc(N=Nc2ccccc2SC)c2ccccc12. The van der Waals surface area contributed by atoms with E-state index in [2.05, 4.69) is 76.9 Å². The number of fused-ring (bicyclic) bond motifs is 1. The Bertz CT molecular complexity index is 935. The highest BCUT2D eigenvalue weighted by molar-refractivity contribution is 7.98. The van der Waals surface area contributed by atoms with E-state index in [9.17, 15) is 0 Å². The highest BCUT2D eigenvalue weighted by Crippen LogP contribution is 2.34.